The van der Waals surface area contributed by atoms with Crippen molar-refractivity contribution in [1.29, 1.82) is 0 Å². The van der Waals surface area contributed by atoms with Crippen LogP contribution in [0.15, 0.2) is 23.2 Å². The lowest BCUT2D eigenvalue weighted by atomic mass is 10.1. The van der Waals surface area contributed by atoms with Crippen molar-refractivity contribution in [2.24, 2.45) is 4.99 Å². The molecule has 0 saturated heterocycles. The molecule has 0 aliphatic heterocycles. The van der Waals surface area contributed by atoms with Crippen LogP contribution in [0.2, 0.25) is 0 Å². The fourth-order valence-electron chi connectivity index (χ4n) is 2.02. The van der Waals surface area contributed by atoms with Gasteiger partial charge in [-0.05, 0) is 37.6 Å². The van der Waals surface area contributed by atoms with Crippen molar-refractivity contribution >= 4 is 12.1 Å². The van der Waals surface area contributed by atoms with Crippen LogP contribution in [0.25, 0.3) is 0 Å². The number of unbranched alkanes of at least 4 members (excludes halogenated alkanes) is 2. The maximum atomic E-state index is 12.3. The molecule has 0 unspecified atom stereocenters. The third kappa shape index (κ3) is 6.72. The Hall–Kier alpha value is -2.04. The lowest BCUT2D eigenvalue weighted by molar-refractivity contribution is 0.0950. The molecule has 5 nitrogen and oxygen atoms in total. The van der Waals surface area contributed by atoms with E-state index in [0.717, 1.165) is 19.3 Å². The number of hydrogen-bond donors (Lipinski definition) is 1. The average molecular weight is 320 g/mol. The Morgan fingerprint density at radius 3 is 2.83 bits per heavy atom. The van der Waals surface area contributed by atoms with E-state index in [-0.39, 0.29) is 5.91 Å². The van der Waals surface area contributed by atoms with Gasteiger partial charge in [0.2, 0.25) is 0 Å². The molecule has 0 bridgehead atoms. The van der Waals surface area contributed by atoms with Gasteiger partial charge in [-0.15, -0.1) is 0 Å². The Bertz CT molecular complexity index is 501. The molecular weight excluding hydrogens is 292 g/mol. The molecule has 1 aromatic rings. The number of methoxy groups -OCH3 is 1. The summed E-state index contributed by atoms with van der Waals surface area (Å²) in [5.41, 5.74) is 0.493. The largest absolute Gasteiger partial charge is 0.493 e. The first-order chi connectivity index (χ1) is 11.2. The molecule has 1 N–H and O–H groups in total. The van der Waals surface area contributed by atoms with Gasteiger partial charge in [-0.25, -0.2) is 0 Å². The van der Waals surface area contributed by atoms with Crippen LogP contribution in [0.5, 0.6) is 11.5 Å². The minimum atomic E-state index is -0.168. The molecule has 0 atom stereocenters. The van der Waals surface area contributed by atoms with Crippen molar-refractivity contribution in [3.8, 4) is 11.5 Å². The molecule has 1 aromatic carbocycles. The van der Waals surface area contributed by atoms with Gasteiger partial charge in [0.15, 0.2) is 11.5 Å². The molecule has 0 saturated carbocycles. The highest BCUT2D eigenvalue weighted by Gasteiger charge is 2.16. The van der Waals surface area contributed by atoms with Gasteiger partial charge in [-0.3, -0.25) is 9.79 Å². The average Bonchev–Trinajstić information content (AvgIpc) is 2.58. The lowest BCUT2D eigenvalue weighted by Gasteiger charge is -2.14. The van der Waals surface area contributed by atoms with E-state index in [1.165, 1.54) is 6.42 Å². The Morgan fingerprint density at radius 1 is 1.30 bits per heavy atom. The number of hydrogen-bond acceptors (Lipinski definition) is 4. The van der Waals surface area contributed by atoms with Crippen molar-refractivity contribution in [1.82, 2.24) is 5.32 Å². The minimum Gasteiger partial charge on any atom is -0.493 e. The van der Waals surface area contributed by atoms with Crippen LogP contribution in [0.4, 0.5) is 0 Å². The summed E-state index contributed by atoms with van der Waals surface area (Å²) in [5.74, 6) is 0.906. The van der Waals surface area contributed by atoms with E-state index in [1.807, 2.05) is 13.1 Å². The second-order valence-electron chi connectivity index (χ2n) is 5.17. The Labute approximate surface area is 139 Å². The van der Waals surface area contributed by atoms with Gasteiger partial charge in [-0.1, -0.05) is 26.3 Å². The molecule has 5 heteroatoms. The summed E-state index contributed by atoms with van der Waals surface area (Å²) in [6, 6.07) is 5.32. The quantitative estimate of drug-likeness (QED) is 0.501. The third-order valence-electron chi connectivity index (χ3n) is 3.24. The molecule has 23 heavy (non-hydrogen) atoms. The first kappa shape index (κ1) is 19.0. The molecule has 0 spiro atoms. The molecule has 0 aliphatic rings. The van der Waals surface area contributed by atoms with Crippen molar-refractivity contribution in [3.63, 3.8) is 0 Å². The third-order valence-corrected chi connectivity index (χ3v) is 3.24. The molecule has 0 aromatic heterocycles. The van der Waals surface area contributed by atoms with Gasteiger partial charge >= 0.3 is 0 Å². The number of para-hydroxylation sites is 1. The van der Waals surface area contributed by atoms with Crippen LogP contribution in [0, 0.1) is 0 Å². The fourth-order valence-corrected chi connectivity index (χ4v) is 2.02. The number of carbonyl (C=O) groups excluding carboxylic acids is 1. The lowest BCUT2D eigenvalue weighted by Crippen LogP contribution is -2.26. The summed E-state index contributed by atoms with van der Waals surface area (Å²) in [4.78, 5) is 16.6. The van der Waals surface area contributed by atoms with Crippen LogP contribution in [-0.4, -0.2) is 38.9 Å². The zero-order valence-electron chi connectivity index (χ0n) is 14.4. The van der Waals surface area contributed by atoms with Crippen LogP contribution < -0.4 is 14.8 Å². The summed E-state index contributed by atoms with van der Waals surface area (Å²) in [6.45, 7) is 5.81. The first-order valence-corrected chi connectivity index (χ1v) is 8.30. The van der Waals surface area contributed by atoms with Gasteiger partial charge in [0, 0.05) is 6.54 Å². The van der Waals surface area contributed by atoms with Crippen LogP contribution in [0.3, 0.4) is 0 Å². The van der Waals surface area contributed by atoms with E-state index in [9.17, 15) is 4.79 Å². The molecule has 0 fully saturated rings. The predicted octanol–water partition coefficient (Wildman–Crippen LogP) is 3.47. The monoisotopic (exact) mass is 320 g/mol. The van der Waals surface area contributed by atoms with Crippen LogP contribution >= 0.6 is 0 Å². The van der Waals surface area contributed by atoms with E-state index in [2.05, 4.69) is 17.2 Å². The number of nitrogens with one attached hydrogen (secondary N) is 1. The van der Waals surface area contributed by atoms with E-state index in [1.54, 1.807) is 25.3 Å². The van der Waals surface area contributed by atoms with Crippen molar-refractivity contribution in [3.05, 3.63) is 23.8 Å². The zero-order chi connectivity index (χ0) is 16.9. The molecule has 1 rings (SSSR count). The first-order valence-electron chi connectivity index (χ1n) is 8.30. The van der Waals surface area contributed by atoms with Crippen molar-refractivity contribution in [2.45, 2.75) is 39.5 Å². The second kappa shape index (κ2) is 11.5. The highest BCUT2D eigenvalue weighted by atomic mass is 16.5. The topological polar surface area (TPSA) is 59.9 Å². The number of amides is 1. The van der Waals surface area contributed by atoms with E-state index in [4.69, 9.17) is 9.47 Å². The fraction of sp³-hybridized carbons (Fsp3) is 0.556. The van der Waals surface area contributed by atoms with Gasteiger partial charge in [0.05, 0.1) is 25.8 Å². The summed E-state index contributed by atoms with van der Waals surface area (Å²) in [5, 5.41) is 2.87. The summed E-state index contributed by atoms with van der Waals surface area (Å²) < 4.78 is 11.0. The normalized spacial score (nSPS) is 10.7. The summed E-state index contributed by atoms with van der Waals surface area (Å²) in [6.07, 6.45) is 6.11. The molecule has 0 heterocycles. The van der Waals surface area contributed by atoms with Gasteiger partial charge < -0.3 is 14.8 Å². The number of benzene rings is 1. The second-order valence-corrected chi connectivity index (χ2v) is 5.17. The highest BCUT2D eigenvalue weighted by Crippen LogP contribution is 2.31. The number of aliphatic imine (C=N–C) groups is 1. The van der Waals surface area contributed by atoms with Crippen LogP contribution in [-0.2, 0) is 0 Å². The molecule has 1 amide bonds. The number of carbonyl (C=O) groups is 1. The van der Waals surface area contributed by atoms with Crippen molar-refractivity contribution < 1.29 is 14.3 Å². The van der Waals surface area contributed by atoms with Gasteiger partial charge in [0.1, 0.15) is 0 Å². The summed E-state index contributed by atoms with van der Waals surface area (Å²) in [7, 11) is 1.57. The van der Waals surface area contributed by atoms with E-state index in [0.29, 0.717) is 36.8 Å². The standard InChI is InChI=1S/C18H28N2O3/c1-4-6-7-11-19-12-13-20-18(21)15-9-8-10-16(22-3)17(15)23-14-5-2/h8-11H,4-7,12-14H2,1-3H3,(H,20,21). The number of rotatable bonds is 11. The molecular formula is C18H28N2O3. The highest BCUT2D eigenvalue weighted by molar-refractivity contribution is 5.97. The zero-order valence-corrected chi connectivity index (χ0v) is 14.4. The smallest absolute Gasteiger partial charge is 0.255 e. The van der Waals surface area contributed by atoms with E-state index < -0.39 is 0 Å². The summed E-state index contributed by atoms with van der Waals surface area (Å²) >= 11 is 0. The van der Waals surface area contributed by atoms with Gasteiger partial charge in [-0.2, -0.15) is 0 Å². The molecule has 0 radical (unpaired) electrons. The van der Waals surface area contributed by atoms with Crippen molar-refractivity contribution in [2.75, 3.05) is 26.8 Å². The predicted molar refractivity (Wildman–Crippen MR) is 94.0 cm³/mol. The minimum absolute atomic E-state index is 0.168. The molecule has 0 aliphatic carbocycles. The Morgan fingerprint density at radius 2 is 2.13 bits per heavy atom. The number of nitrogens with zero attached hydrogens (tertiary/aromatic N) is 1. The van der Waals surface area contributed by atoms with Crippen LogP contribution in [0.1, 0.15) is 49.9 Å². The molecule has 128 valence electrons. The van der Waals surface area contributed by atoms with E-state index >= 15 is 0 Å². The SMILES string of the molecule is CCCCC=NCCNC(=O)c1cccc(OC)c1OCCC. The van der Waals surface area contributed by atoms with Gasteiger partial charge in [0.25, 0.3) is 5.91 Å². The number of ether oxygens (including phenoxy) is 2. The Balaban J connectivity index is 2.59. The maximum absolute atomic E-state index is 12.3. The maximum Gasteiger partial charge on any atom is 0.255 e. The Kier molecular flexibility index (Phi) is 9.52.